The van der Waals surface area contributed by atoms with Gasteiger partial charge in [-0.3, -0.25) is 0 Å². The van der Waals surface area contributed by atoms with Crippen molar-refractivity contribution < 1.29 is 9.52 Å². The van der Waals surface area contributed by atoms with E-state index in [4.69, 9.17) is 4.42 Å². The molecule has 0 aromatic carbocycles. The smallest absolute Gasteiger partial charge is 0.117 e. The maximum atomic E-state index is 9.75. The van der Waals surface area contributed by atoms with Crippen LogP contribution in [0.2, 0.25) is 0 Å². The van der Waals surface area contributed by atoms with Gasteiger partial charge >= 0.3 is 0 Å². The summed E-state index contributed by atoms with van der Waals surface area (Å²) in [6.45, 7) is 7.54. The summed E-state index contributed by atoms with van der Waals surface area (Å²) < 4.78 is 5.56. The Morgan fingerprint density at radius 3 is 2.56 bits per heavy atom. The molecule has 0 saturated heterocycles. The molecular formula is C13H23NO2. The van der Waals surface area contributed by atoms with Crippen LogP contribution in [-0.4, -0.2) is 17.8 Å². The monoisotopic (exact) mass is 225 g/mol. The van der Waals surface area contributed by atoms with E-state index in [1.807, 2.05) is 12.1 Å². The first-order valence-corrected chi connectivity index (χ1v) is 6.13. The first kappa shape index (κ1) is 13.3. The number of hydrogen-bond acceptors (Lipinski definition) is 3. The Morgan fingerprint density at radius 1 is 1.31 bits per heavy atom. The van der Waals surface area contributed by atoms with Crippen LogP contribution in [-0.2, 0) is 13.0 Å². The number of aliphatic hydroxyl groups excluding tert-OH is 1. The van der Waals surface area contributed by atoms with Gasteiger partial charge in [0.1, 0.15) is 11.5 Å². The molecule has 0 saturated carbocycles. The second-order valence-electron chi connectivity index (χ2n) is 4.31. The second kappa shape index (κ2) is 6.71. The van der Waals surface area contributed by atoms with E-state index in [2.05, 4.69) is 26.1 Å². The largest absolute Gasteiger partial charge is 0.465 e. The summed E-state index contributed by atoms with van der Waals surface area (Å²) in [6, 6.07) is 3.99. The van der Waals surface area contributed by atoms with Gasteiger partial charge < -0.3 is 14.8 Å². The van der Waals surface area contributed by atoms with Crippen LogP contribution < -0.4 is 5.32 Å². The van der Waals surface area contributed by atoms with Gasteiger partial charge in [0.2, 0.25) is 0 Å². The van der Waals surface area contributed by atoms with E-state index >= 15 is 0 Å². The summed E-state index contributed by atoms with van der Waals surface area (Å²) in [7, 11) is 0. The zero-order chi connectivity index (χ0) is 12.0. The van der Waals surface area contributed by atoms with Gasteiger partial charge in [0, 0.05) is 13.0 Å². The topological polar surface area (TPSA) is 45.4 Å². The number of furan rings is 1. The van der Waals surface area contributed by atoms with Gasteiger partial charge in [-0.25, -0.2) is 0 Å². The Hall–Kier alpha value is -0.800. The number of rotatable bonds is 7. The second-order valence-corrected chi connectivity index (χ2v) is 4.31. The van der Waals surface area contributed by atoms with Gasteiger partial charge in [0.25, 0.3) is 0 Å². The average molecular weight is 225 g/mol. The third-order valence-electron chi connectivity index (χ3n) is 3.02. The van der Waals surface area contributed by atoms with Crippen LogP contribution in [0.4, 0.5) is 0 Å². The highest BCUT2D eigenvalue weighted by molar-refractivity contribution is 5.06. The quantitative estimate of drug-likeness (QED) is 0.748. The minimum Gasteiger partial charge on any atom is -0.465 e. The van der Waals surface area contributed by atoms with Crippen LogP contribution in [0, 0.1) is 5.92 Å². The van der Waals surface area contributed by atoms with E-state index in [1.165, 1.54) is 0 Å². The van der Waals surface area contributed by atoms with Gasteiger partial charge in [0.15, 0.2) is 0 Å². The lowest BCUT2D eigenvalue weighted by molar-refractivity contribution is 0.112. The van der Waals surface area contributed by atoms with E-state index in [0.717, 1.165) is 24.4 Å². The van der Waals surface area contributed by atoms with Crippen LogP contribution in [0.15, 0.2) is 16.5 Å². The fraction of sp³-hybridized carbons (Fsp3) is 0.692. The molecule has 1 heterocycles. The van der Waals surface area contributed by atoms with Gasteiger partial charge in [0.05, 0.1) is 12.6 Å². The predicted octanol–water partition coefficient (Wildman–Crippen LogP) is 2.34. The zero-order valence-electron chi connectivity index (χ0n) is 10.5. The molecular weight excluding hydrogens is 202 g/mol. The lowest BCUT2D eigenvalue weighted by atomic mass is 10.0. The normalized spacial score (nSPS) is 15.0. The molecule has 0 fully saturated rings. The van der Waals surface area contributed by atoms with Crippen LogP contribution >= 0.6 is 0 Å². The number of aryl methyl sites for hydroxylation is 1. The fourth-order valence-electron chi connectivity index (χ4n) is 1.52. The van der Waals surface area contributed by atoms with E-state index < -0.39 is 0 Å². The maximum absolute atomic E-state index is 9.75. The van der Waals surface area contributed by atoms with E-state index in [1.54, 1.807) is 0 Å². The molecule has 0 aliphatic heterocycles. The van der Waals surface area contributed by atoms with Gasteiger partial charge in [-0.2, -0.15) is 0 Å². The van der Waals surface area contributed by atoms with Crippen molar-refractivity contribution in [1.29, 1.82) is 0 Å². The Morgan fingerprint density at radius 2 is 2.00 bits per heavy atom. The van der Waals surface area contributed by atoms with Gasteiger partial charge in [-0.05, 0) is 18.1 Å². The highest BCUT2D eigenvalue weighted by Crippen LogP contribution is 2.09. The summed E-state index contributed by atoms with van der Waals surface area (Å²) in [6.07, 6.45) is 1.66. The lowest BCUT2D eigenvalue weighted by Gasteiger charge is -2.17. The number of nitrogens with one attached hydrogen (secondary N) is 1. The summed E-state index contributed by atoms with van der Waals surface area (Å²) in [5.41, 5.74) is 0. The first-order chi connectivity index (χ1) is 7.67. The molecule has 0 radical (unpaired) electrons. The molecule has 3 heteroatoms. The molecule has 0 aliphatic rings. The zero-order valence-corrected chi connectivity index (χ0v) is 10.5. The molecule has 0 aliphatic carbocycles. The molecule has 0 spiro atoms. The van der Waals surface area contributed by atoms with Crippen molar-refractivity contribution >= 4 is 0 Å². The van der Waals surface area contributed by atoms with Crippen molar-refractivity contribution in [1.82, 2.24) is 5.32 Å². The van der Waals surface area contributed by atoms with Crippen molar-refractivity contribution in [3.05, 3.63) is 23.7 Å². The Bertz CT molecular complexity index is 296. The molecule has 16 heavy (non-hydrogen) atoms. The van der Waals surface area contributed by atoms with E-state index in [0.29, 0.717) is 19.0 Å². The van der Waals surface area contributed by atoms with Crippen LogP contribution in [0.25, 0.3) is 0 Å². The van der Waals surface area contributed by atoms with Crippen molar-refractivity contribution in [2.75, 3.05) is 6.54 Å². The minimum atomic E-state index is -0.273. The Balaban J connectivity index is 2.24. The molecule has 2 unspecified atom stereocenters. The molecule has 1 rings (SSSR count). The van der Waals surface area contributed by atoms with E-state index in [9.17, 15) is 5.11 Å². The van der Waals surface area contributed by atoms with Crippen molar-refractivity contribution in [2.24, 2.45) is 5.92 Å². The molecule has 2 atom stereocenters. The molecule has 1 aromatic rings. The Labute approximate surface area is 97.9 Å². The summed E-state index contributed by atoms with van der Waals surface area (Å²) in [5.74, 6) is 2.29. The molecule has 1 aromatic heterocycles. The lowest BCUT2D eigenvalue weighted by Crippen LogP contribution is -2.31. The van der Waals surface area contributed by atoms with Crippen molar-refractivity contribution in [2.45, 2.75) is 46.3 Å². The van der Waals surface area contributed by atoms with Crippen LogP contribution in [0.3, 0.4) is 0 Å². The molecule has 0 bridgehead atoms. The molecule has 92 valence electrons. The third kappa shape index (κ3) is 3.99. The number of aliphatic hydroxyl groups is 1. The summed E-state index contributed by atoms with van der Waals surface area (Å²) in [4.78, 5) is 0. The Kier molecular flexibility index (Phi) is 5.56. The van der Waals surface area contributed by atoms with Gasteiger partial charge in [-0.15, -0.1) is 0 Å². The standard InChI is InChI=1S/C13H23NO2/c1-4-10(3)13(15)9-14-8-12-7-6-11(5-2)16-12/h6-7,10,13-15H,4-5,8-9H2,1-3H3. The van der Waals surface area contributed by atoms with Crippen LogP contribution in [0.1, 0.15) is 38.7 Å². The van der Waals surface area contributed by atoms with Gasteiger partial charge in [-0.1, -0.05) is 27.2 Å². The molecule has 0 amide bonds. The maximum Gasteiger partial charge on any atom is 0.117 e. The predicted molar refractivity (Wildman–Crippen MR) is 65.3 cm³/mol. The van der Waals surface area contributed by atoms with Crippen LogP contribution in [0.5, 0.6) is 0 Å². The molecule has 2 N–H and O–H groups in total. The SMILES string of the molecule is CCc1ccc(CNCC(O)C(C)CC)o1. The highest BCUT2D eigenvalue weighted by atomic mass is 16.3. The average Bonchev–Trinajstić information content (AvgIpc) is 2.75. The fourth-order valence-corrected chi connectivity index (χ4v) is 1.52. The highest BCUT2D eigenvalue weighted by Gasteiger charge is 2.11. The van der Waals surface area contributed by atoms with E-state index in [-0.39, 0.29) is 6.10 Å². The summed E-state index contributed by atoms with van der Waals surface area (Å²) >= 11 is 0. The minimum absolute atomic E-state index is 0.273. The van der Waals surface area contributed by atoms with Crippen molar-refractivity contribution in [3.63, 3.8) is 0 Å². The summed E-state index contributed by atoms with van der Waals surface area (Å²) in [5, 5.41) is 13.0. The third-order valence-corrected chi connectivity index (χ3v) is 3.02. The molecule has 3 nitrogen and oxygen atoms in total. The van der Waals surface area contributed by atoms with Crippen molar-refractivity contribution in [3.8, 4) is 0 Å². The number of hydrogen-bond donors (Lipinski definition) is 2. The first-order valence-electron chi connectivity index (χ1n) is 6.13.